The smallest absolute Gasteiger partial charge is 0.420 e. The van der Waals surface area contributed by atoms with Crippen LogP contribution in [0.4, 0.5) is 4.79 Å². The fourth-order valence-electron chi connectivity index (χ4n) is 3.26. The molecule has 1 aromatic carbocycles. The first kappa shape index (κ1) is 18.4. The predicted molar refractivity (Wildman–Crippen MR) is 106 cm³/mol. The quantitative estimate of drug-likeness (QED) is 0.749. The number of benzene rings is 1. The number of carbonyl (C=O) groups is 1. The summed E-state index contributed by atoms with van der Waals surface area (Å²) in [6.45, 7) is 8.40. The van der Waals surface area contributed by atoms with Gasteiger partial charge >= 0.3 is 6.09 Å². The number of hydrogen-bond acceptors (Lipinski definition) is 6. The lowest BCUT2D eigenvalue weighted by molar-refractivity contribution is 0.135. The summed E-state index contributed by atoms with van der Waals surface area (Å²) in [5.74, 6) is 1.73. The maximum Gasteiger partial charge on any atom is 0.420 e. The lowest BCUT2D eigenvalue weighted by Crippen LogP contribution is -2.17. The summed E-state index contributed by atoms with van der Waals surface area (Å²) < 4.78 is 12.6. The van der Waals surface area contributed by atoms with Crippen LogP contribution < -0.4 is 10.1 Å². The Kier molecular flexibility index (Phi) is 5.00. The van der Waals surface area contributed by atoms with Crippen molar-refractivity contribution < 1.29 is 14.3 Å². The molecule has 7 heteroatoms. The van der Waals surface area contributed by atoms with Crippen LogP contribution in [0.5, 0.6) is 5.75 Å². The van der Waals surface area contributed by atoms with E-state index in [4.69, 9.17) is 9.47 Å². The Bertz CT molecular complexity index is 1030. The standard InChI is InChI=1S/C21H24N4O3/c1-13(2)12-28-21(26)25-14(3)24-20-18(25)9-16(11-23-20)15-4-5-19-17(8-15)10-22-6-7-27-19/h4-5,8-9,11,13,22H,6-7,10,12H2,1-3H3. The van der Waals surface area contributed by atoms with Gasteiger partial charge in [0.25, 0.3) is 0 Å². The van der Waals surface area contributed by atoms with Gasteiger partial charge in [0.1, 0.15) is 18.2 Å². The molecule has 7 nitrogen and oxygen atoms in total. The molecule has 2 aromatic heterocycles. The monoisotopic (exact) mass is 380 g/mol. The second-order valence-electron chi connectivity index (χ2n) is 7.38. The first-order valence-corrected chi connectivity index (χ1v) is 9.52. The minimum atomic E-state index is -0.424. The van der Waals surface area contributed by atoms with Crippen LogP contribution in [0.25, 0.3) is 22.3 Å². The van der Waals surface area contributed by atoms with E-state index >= 15 is 0 Å². The highest BCUT2D eigenvalue weighted by molar-refractivity contribution is 5.88. The van der Waals surface area contributed by atoms with Crippen LogP contribution in [-0.2, 0) is 11.3 Å². The Hall–Kier alpha value is -2.93. The highest BCUT2D eigenvalue weighted by Gasteiger charge is 2.18. The molecule has 0 bridgehead atoms. The van der Waals surface area contributed by atoms with Gasteiger partial charge in [-0.3, -0.25) is 0 Å². The van der Waals surface area contributed by atoms with E-state index in [1.165, 1.54) is 4.57 Å². The zero-order valence-corrected chi connectivity index (χ0v) is 16.4. The molecule has 0 atom stereocenters. The Morgan fingerprint density at radius 2 is 2.18 bits per heavy atom. The van der Waals surface area contributed by atoms with Crippen molar-refractivity contribution in [2.24, 2.45) is 5.92 Å². The third-order valence-electron chi connectivity index (χ3n) is 4.65. The summed E-state index contributed by atoms with van der Waals surface area (Å²) in [4.78, 5) is 21.4. The van der Waals surface area contributed by atoms with Crippen LogP contribution in [0.2, 0.25) is 0 Å². The first-order chi connectivity index (χ1) is 13.5. The fourth-order valence-corrected chi connectivity index (χ4v) is 3.26. The number of pyridine rings is 1. The predicted octanol–water partition coefficient (Wildman–Crippen LogP) is 3.53. The van der Waals surface area contributed by atoms with E-state index in [0.29, 0.717) is 30.2 Å². The summed E-state index contributed by atoms with van der Waals surface area (Å²) in [5, 5.41) is 3.35. The van der Waals surface area contributed by atoms with E-state index < -0.39 is 6.09 Å². The molecule has 3 aromatic rings. The lowest BCUT2D eigenvalue weighted by atomic mass is 10.0. The zero-order valence-electron chi connectivity index (χ0n) is 16.4. The van der Waals surface area contributed by atoms with Crippen molar-refractivity contribution in [1.29, 1.82) is 0 Å². The molecule has 0 saturated heterocycles. The summed E-state index contributed by atoms with van der Waals surface area (Å²) >= 11 is 0. The molecule has 0 fully saturated rings. The van der Waals surface area contributed by atoms with E-state index in [2.05, 4.69) is 21.4 Å². The molecule has 3 heterocycles. The average Bonchev–Trinajstić information content (AvgIpc) is 2.85. The number of aryl methyl sites for hydroxylation is 1. The maximum absolute atomic E-state index is 12.6. The Morgan fingerprint density at radius 3 is 3.00 bits per heavy atom. The molecular weight excluding hydrogens is 356 g/mol. The normalized spacial score (nSPS) is 13.9. The number of nitrogens with one attached hydrogen (secondary N) is 1. The fraction of sp³-hybridized carbons (Fsp3) is 0.381. The number of aromatic nitrogens is 3. The number of ether oxygens (including phenoxy) is 2. The Balaban J connectivity index is 1.72. The third-order valence-corrected chi connectivity index (χ3v) is 4.65. The van der Waals surface area contributed by atoms with Gasteiger partial charge in [0.2, 0.25) is 0 Å². The second-order valence-corrected chi connectivity index (χ2v) is 7.38. The van der Waals surface area contributed by atoms with Gasteiger partial charge < -0.3 is 14.8 Å². The van der Waals surface area contributed by atoms with Crippen LogP contribution in [0.15, 0.2) is 30.5 Å². The summed E-state index contributed by atoms with van der Waals surface area (Å²) in [7, 11) is 0. The molecule has 0 amide bonds. The molecule has 4 rings (SSSR count). The molecule has 0 aliphatic carbocycles. The SMILES string of the molecule is Cc1nc2ncc(-c3ccc4c(c3)CNCCO4)cc2n1C(=O)OCC(C)C. The number of hydrogen-bond donors (Lipinski definition) is 1. The number of fused-ring (bicyclic) bond motifs is 2. The van der Waals surface area contributed by atoms with Crippen LogP contribution in [0.1, 0.15) is 25.2 Å². The van der Waals surface area contributed by atoms with Gasteiger partial charge in [-0.1, -0.05) is 19.9 Å². The Morgan fingerprint density at radius 1 is 1.32 bits per heavy atom. The number of nitrogens with zero attached hydrogens (tertiary/aromatic N) is 3. The van der Waals surface area contributed by atoms with Crippen molar-refractivity contribution in [2.75, 3.05) is 19.8 Å². The van der Waals surface area contributed by atoms with Crippen LogP contribution in [-0.4, -0.2) is 40.4 Å². The number of imidazole rings is 1. The van der Waals surface area contributed by atoms with E-state index in [1.807, 2.05) is 32.0 Å². The minimum absolute atomic E-state index is 0.267. The number of rotatable bonds is 3. The average molecular weight is 380 g/mol. The molecular formula is C21H24N4O3. The third kappa shape index (κ3) is 3.57. The van der Waals surface area contributed by atoms with Crippen LogP contribution >= 0.6 is 0 Å². The van der Waals surface area contributed by atoms with E-state index in [0.717, 1.165) is 35.5 Å². The van der Waals surface area contributed by atoms with Crippen molar-refractivity contribution in [2.45, 2.75) is 27.3 Å². The Labute approximate surface area is 163 Å². The van der Waals surface area contributed by atoms with Gasteiger partial charge in [0, 0.05) is 30.4 Å². The van der Waals surface area contributed by atoms with Gasteiger partial charge in [0.15, 0.2) is 5.65 Å². The van der Waals surface area contributed by atoms with Crippen molar-refractivity contribution in [3.8, 4) is 16.9 Å². The molecule has 0 unspecified atom stereocenters. The summed E-state index contributed by atoms with van der Waals surface area (Å²) in [6.07, 6.45) is 1.36. The second kappa shape index (κ2) is 7.59. The number of carbonyl (C=O) groups excluding carboxylic acids is 1. The summed E-state index contributed by atoms with van der Waals surface area (Å²) in [6, 6.07) is 8.03. The van der Waals surface area contributed by atoms with Gasteiger partial charge in [0.05, 0.1) is 12.1 Å². The van der Waals surface area contributed by atoms with Crippen molar-refractivity contribution in [1.82, 2.24) is 19.9 Å². The molecule has 0 radical (unpaired) electrons. The molecule has 1 aliphatic rings. The summed E-state index contributed by atoms with van der Waals surface area (Å²) in [5.41, 5.74) is 4.21. The molecule has 1 N–H and O–H groups in total. The van der Waals surface area contributed by atoms with E-state index in [1.54, 1.807) is 13.1 Å². The van der Waals surface area contributed by atoms with Gasteiger partial charge in [-0.25, -0.2) is 19.3 Å². The lowest BCUT2D eigenvalue weighted by Gasteiger charge is -2.11. The minimum Gasteiger partial charge on any atom is -0.492 e. The van der Waals surface area contributed by atoms with E-state index in [9.17, 15) is 4.79 Å². The zero-order chi connectivity index (χ0) is 19.7. The highest BCUT2D eigenvalue weighted by Crippen LogP contribution is 2.29. The highest BCUT2D eigenvalue weighted by atomic mass is 16.5. The van der Waals surface area contributed by atoms with Crippen LogP contribution in [0.3, 0.4) is 0 Å². The van der Waals surface area contributed by atoms with Gasteiger partial charge in [-0.05, 0) is 36.6 Å². The molecule has 146 valence electrons. The van der Waals surface area contributed by atoms with Crippen LogP contribution in [0, 0.1) is 12.8 Å². The van der Waals surface area contributed by atoms with Crippen molar-refractivity contribution >= 4 is 17.3 Å². The topological polar surface area (TPSA) is 78.3 Å². The largest absolute Gasteiger partial charge is 0.492 e. The van der Waals surface area contributed by atoms with Crippen molar-refractivity contribution in [3.63, 3.8) is 0 Å². The first-order valence-electron chi connectivity index (χ1n) is 9.52. The van der Waals surface area contributed by atoms with Gasteiger partial charge in [-0.15, -0.1) is 0 Å². The molecule has 1 aliphatic heterocycles. The van der Waals surface area contributed by atoms with Gasteiger partial charge in [-0.2, -0.15) is 0 Å². The molecule has 0 saturated carbocycles. The molecule has 0 spiro atoms. The van der Waals surface area contributed by atoms with Crippen molar-refractivity contribution in [3.05, 3.63) is 41.9 Å². The van der Waals surface area contributed by atoms with E-state index in [-0.39, 0.29) is 5.92 Å². The molecule has 28 heavy (non-hydrogen) atoms. The maximum atomic E-state index is 12.6.